The Morgan fingerprint density at radius 2 is 1.81 bits per heavy atom. The number of benzene rings is 1. The molecule has 0 spiro atoms. The van der Waals surface area contributed by atoms with Gasteiger partial charge in [-0.15, -0.1) is 11.6 Å². The lowest BCUT2D eigenvalue weighted by Gasteiger charge is -2.47. The third-order valence-electron chi connectivity index (χ3n) is 5.42. The quantitative estimate of drug-likeness (QED) is 0.105. The molecule has 6 nitrogen and oxygen atoms in total. The Balaban J connectivity index is 1.88. The van der Waals surface area contributed by atoms with Crippen LogP contribution in [0.25, 0.3) is 0 Å². The number of alkyl halides is 2. The highest BCUT2D eigenvalue weighted by molar-refractivity contribution is 6.27. The maximum absolute atomic E-state index is 12.7. The molecule has 1 aliphatic rings. The van der Waals surface area contributed by atoms with Crippen LogP contribution in [0.15, 0.2) is 42.5 Å². The molecule has 1 aliphatic heterocycles. The fraction of sp³-hybridized carbons (Fsp3) is 0.542. The van der Waals surface area contributed by atoms with Crippen LogP contribution in [-0.4, -0.2) is 46.1 Å². The van der Waals surface area contributed by atoms with Crippen LogP contribution < -0.4 is 5.32 Å². The van der Waals surface area contributed by atoms with Gasteiger partial charge in [0.2, 0.25) is 5.91 Å². The molecule has 3 atom stereocenters. The zero-order valence-electron chi connectivity index (χ0n) is 18.5. The van der Waals surface area contributed by atoms with Crippen LogP contribution in [-0.2, 0) is 25.7 Å². The Labute approximate surface area is 200 Å². The van der Waals surface area contributed by atoms with Crippen molar-refractivity contribution in [3.8, 4) is 0 Å². The van der Waals surface area contributed by atoms with Gasteiger partial charge in [0.05, 0.1) is 0 Å². The maximum Gasteiger partial charge on any atom is 0.333 e. The second-order valence-corrected chi connectivity index (χ2v) is 8.68. The lowest BCUT2D eigenvalue weighted by molar-refractivity contribution is -0.164. The summed E-state index contributed by atoms with van der Waals surface area (Å²) in [7, 11) is 0. The molecule has 0 aromatic heterocycles. The Morgan fingerprint density at radius 1 is 1.16 bits per heavy atom. The first-order chi connectivity index (χ1) is 15.4. The van der Waals surface area contributed by atoms with E-state index in [9.17, 15) is 14.4 Å². The molecule has 1 saturated heterocycles. The lowest BCUT2D eigenvalue weighted by Crippen LogP contribution is -2.72. The molecule has 0 radical (unpaired) electrons. The highest BCUT2D eigenvalue weighted by Crippen LogP contribution is 2.30. The van der Waals surface area contributed by atoms with Crippen LogP contribution in [0.5, 0.6) is 0 Å². The molecule has 8 heteroatoms. The Morgan fingerprint density at radius 3 is 2.44 bits per heavy atom. The van der Waals surface area contributed by atoms with Gasteiger partial charge in [0.25, 0.3) is 5.91 Å². The van der Waals surface area contributed by atoms with E-state index >= 15 is 0 Å². The van der Waals surface area contributed by atoms with Crippen molar-refractivity contribution in [3.05, 3.63) is 48.0 Å². The maximum atomic E-state index is 12.7. The van der Waals surface area contributed by atoms with Gasteiger partial charge >= 0.3 is 5.97 Å². The number of likely N-dealkylation sites (tertiary alicyclic amines) is 1. The summed E-state index contributed by atoms with van der Waals surface area (Å²) in [5, 5.41) is 2.68. The minimum Gasteiger partial charge on any atom is -0.459 e. The number of rotatable bonds is 14. The number of esters is 1. The van der Waals surface area contributed by atoms with E-state index in [-0.39, 0.29) is 18.4 Å². The first-order valence-electron chi connectivity index (χ1n) is 11.1. The molecule has 0 bridgehead atoms. The fourth-order valence-corrected chi connectivity index (χ4v) is 4.07. The molecule has 2 rings (SSSR count). The Hall–Kier alpha value is -2.05. The van der Waals surface area contributed by atoms with Crippen molar-refractivity contribution in [1.29, 1.82) is 0 Å². The normalized spacial score (nSPS) is 18.6. The predicted octanol–water partition coefficient (Wildman–Crippen LogP) is 4.54. The molecule has 0 aliphatic carbocycles. The molecule has 1 fully saturated rings. The number of carbonyl (C=O) groups excluding carboxylic acids is 3. The number of amides is 2. The average Bonchev–Trinajstić information content (AvgIpc) is 2.81. The Kier molecular flexibility index (Phi) is 11.0. The molecule has 2 amide bonds. The van der Waals surface area contributed by atoms with Gasteiger partial charge in [-0.2, -0.15) is 0 Å². The van der Waals surface area contributed by atoms with Crippen molar-refractivity contribution in [2.24, 2.45) is 0 Å². The van der Waals surface area contributed by atoms with E-state index in [1.165, 1.54) is 24.2 Å². The molecular formula is C24H32Cl2N2O4. The number of hydrogen-bond donors (Lipinski definition) is 1. The number of β-lactam (4-membered cyclic amide) rings is 1. The van der Waals surface area contributed by atoms with Gasteiger partial charge in [-0.3, -0.25) is 9.59 Å². The molecule has 3 unspecified atom stereocenters. The van der Waals surface area contributed by atoms with Gasteiger partial charge in [-0.05, 0) is 17.6 Å². The van der Waals surface area contributed by atoms with Crippen LogP contribution in [0.3, 0.4) is 0 Å². The molecule has 1 N–H and O–H groups in total. The third kappa shape index (κ3) is 7.24. The number of halogens is 2. The van der Waals surface area contributed by atoms with Crippen molar-refractivity contribution in [2.45, 2.75) is 76.1 Å². The number of hydrogen-bond acceptors (Lipinski definition) is 4. The summed E-state index contributed by atoms with van der Waals surface area (Å²) >= 11 is 12.3. The summed E-state index contributed by atoms with van der Waals surface area (Å²) < 4.78 is 5.38. The predicted molar refractivity (Wildman–Crippen MR) is 126 cm³/mol. The van der Waals surface area contributed by atoms with Gasteiger partial charge in [0.15, 0.2) is 6.04 Å². The second kappa shape index (κ2) is 13.5. The number of unbranched alkanes of at least 4 members (excludes halogenated alkanes) is 5. The number of nitrogens with zero attached hydrogens (tertiary/aromatic N) is 1. The minimum absolute atomic E-state index is 0.0342. The van der Waals surface area contributed by atoms with E-state index in [0.29, 0.717) is 12.0 Å². The largest absolute Gasteiger partial charge is 0.459 e. The second-order valence-electron chi connectivity index (χ2n) is 7.97. The van der Waals surface area contributed by atoms with Crippen molar-refractivity contribution in [1.82, 2.24) is 10.2 Å². The van der Waals surface area contributed by atoms with Crippen molar-refractivity contribution >= 4 is 41.0 Å². The van der Waals surface area contributed by atoms with Crippen LogP contribution in [0.1, 0.15) is 57.4 Å². The first kappa shape index (κ1) is 26.2. The SMILES string of the molecule is C=C(CCl)C(C(=O)OCc1ccccc1)N1C(=O)C(NC(=O)CCCCCCCC)C1Cl. The molecule has 1 heterocycles. The molecule has 32 heavy (non-hydrogen) atoms. The van der Waals surface area contributed by atoms with Crippen LogP contribution >= 0.6 is 23.2 Å². The first-order valence-corrected chi connectivity index (χ1v) is 12.1. The van der Waals surface area contributed by atoms with Crippen molar-refractivity contribution in [3.63, 3.8) is 0 Å². The van der Waals surface area contributed by atoms with Gasteiger partial charge in [-0.25, -0.2) is 4.79 Å². The summed E-state index contributed by atoms with van der Waals surface area (Å²) in [6, 6.07) is 7.21. The fourth-order valence-electron chi connectivity index (χ4n) is 3.55. The third-order valence-corrected chi connectivity index (χ3v) is 6.22. The van der Waals surface area contributed by atoms with E-state index < -0.39 is 29.5 Å². The number of ether oxygens (including phenoxy) is 1. The molecule has 176 valence electrons. The van der Waals surface area contributed by atoms with E-state index in [2.05, 4.69) is 18.8 Å². The smallest absolute Gasteiger partial charge is 0.333 e. The average molecular weight is 483 g/mol. The summed E-state index contributed by atoms with van der Waals surface area (Å²) in [5.74, 6) is -1.36. The van der Waals surface area contributed by atoms with Gasteiger partial charge in [0, 0.05) is 12.3 Å². The summed E-state index contributed by atoms with van der Waals surface area (Å²) in [4.78, 5) is 38.9. The molecular weight excluding hydrogens is 451 g/mol. The summed E-state index contributed by atoms with van der Waals surface area (Å²) in [6.07, 6.45) is 6.74. The Bertz CT molecular complexity index is 787. The van der Waals surface area contributed by atoms with Crippen LogP contribution in [0.2, 0.25) is 0 Å². The van der Waals surface area contributed by atoms with E-state index in [0.717, 1.165) is 24.8 Å². The van der Waals surface area contributed by atoms with Crippen LogP contribution in [0.4, 0.5) is 0 Å². The monoisotopic (exact) mass is 482 g/mol. The topological polar surface area (TPSA) is 75.7 Å². The van der Waals surface area contributed by atoms with Crippen molar-refractivity contribution < 1.29 is 19.1 Å². The van der Waals surface area contributed by atoms with Crippen molar-refractivity contribution in [2.75, 3.05) is 5.88 Å². The van der Waals surface area contributed by atoms with Gasteiger partial charge in [-0.1, -0.05) is 87.5 Å². The molecule has 1 aromatic carbocycles. The highest BCUT2D eigenvalue weighted by atomic mass is 35.5. The lowest BCUT2D eigenvalue weighted by atomic mass is 9.99. The van der Waals surface area contributed by atoms with Crippen LogP contribution in [0, 0.1) is 0 Å². The summed E-state index contributed by atoms with van der Waals surface area (Å²) in [6.45, 7) is 6.02. The van der Waals surface area contributed by atoms with E-state index in [1.807, 2.05) is 30.3 Å². The van der Waals surface area contributed by atoms with E-state index in [1.54, 1.807) is 0 Å². The molecule has 0 saturated carbocycles. The van der Waals surface area contributed by atoms with E-state index in [4.69, 9.17) is 27.9 Å². The number of nitrogens with one attached hydrogen (secondary N) is 1. The van der Waals surface area contributed by atoms with Gasteiger partial charge < -0.3 is 15.0 Å². The molecule has 1 aromatic rings. The zero-order chi connectivity index (χ0) is 23.5. The minimum atomic E-state index is -1.10. The van der Waals surface area contributed by atoms with Gasteiger partial charge in [0.1, 0.15) is 18.1 Å². The highest BCUT2D eigenvalue weighted by Gasteiger charge is 2.53. The zero-order valence-corrected chi connectivity index (χ0v) is 20.0. The standard InChI is InChI=1S/C24H32Cl2N2O4/c1-3-4-5-6-7-11-14-19(29)27-20-22(26)28(23(20)30)21(17(2)15-25)24(31)32-16-18-12-9-8-10-13-18/h8-10,12-13,20-22H,2-7,11,14-16H2,1H3,(H,27,29). The number of carbonyl (C=O) groups is 3. The summed E-state index contributed by atoms with van der Waals surface area (Å²) in [5.41, 5.74) is 0.235.